The summed E-state index contributed by atoms with van der Waals surface area (Å²) in [5, 5.41) is 2.43. The van der Waals surface area contributed by atoms with Gasteiger partial charge in [0.1, 0.15) is 0 Å². The van der Waals surface area contributed by atoms with Gasteiger partial charge in [-0.25, -0.2) is 0 Å². The molecule has 0 heterocycles. The summed E-state index contributed by atoms with van der Waals surface area (Å²) >= 11 is 0. The molecular weight excluding hydrogens is 48.8 g/mol. The molecule has 0 rings (SSSR count). The molecular formula is C2H6BN. The topological polar surface area (TPSA) is 12.0 Å². The predicted octanol–water partition coefficient (Wildman–Crippen LogP) is -0.321. The lowest BCUT2D eigenvalue weighted by Crippen LogP contribution is -2.04. The maximum Gasteiger partial charge on any atom is 0.177 e. The highest BCUT2D eigenvalue weighted by Gasteiger charge is 1.51. The molecule has 0 aromatic rings. The minimum atomic E-state index is 0.847. The number of hydrogen-bond donors (Lipinski definition) is 1. The van der Waals surface area contributed by atoms with E-state index in [4.69, 9.17) is 7.98 Å². The van der Waals surface area contributed by atoms with Crippen LogP contribution in [0.1, 0.15) is 6.92 Å². The Hall–Kier alpha value is 0.0249. The summed E-state index contributed by atoms with van der Waals surface area (Å²) in [7, 11) is 4.78. The summed E-state index contributed by atoms with van der Waals surface area (Å²) in [4.78, 5) is 0. The van der Waals surface area contributed by atoms with E-state index < -0.39 is 0 Å². The van der Waals surface area contributed by atoms with E-state index >= 15 is 0 Å². The standard InChI is InChI=1S/C2H6BN/c1-2-4-3/h4H,2H2,1H3. The molecule has 0 amide bonds. The van der Waals surface area contributed by atoms with Crippen LogP contribution in [0.3, 0.4) is 0 Å². The second kappa shape index (κ2) is 3.02. The summed E-state index contributed by atoms with van der Waals surface area (Å²) in [6, 6.07) is 0. The fourth-order valence-corrected chi connectivity index (χ4v) is 0. The zero-order chi connectivity index (χ0) is 3.41. The predicted molar refractivity (Wildman–Crippen MR) is 19.4 cm³/mol. The smallest absolute Gasteiger partial charge is 0.177 e. The van der Waals surface area contributed by atoms with Gasteiger partial charge in [0, 0.05) is 0 Å². The van der Waals surface area contributed by atoms with Gasteiger partial charge in [-0.1, -0.05) is 6.92 Å². The molecule has 4 heavy (non-hydrogen) atoms. The van der Waals surface area contributed by atoms with Gasteiger partial charge in [-0.2, -0.15) is 0 Å². The fraction of sp³-hybridized carbons (Fsp3) is 1.00. The van der Waals surface area contributed by atoms with Crippen molar-refractivity contribution < 1.29 is 0 Å². The highest BCUT2D eigenvalue weighted by molar-refractivity contribution is 6.04. The zero-order valence-electron chi connectivity index (χ0n) is 2.78. The van der Waals surface area contributed by atoms with E-state index in [-0.39, 0.29) is 0 Å². The third-order valence-corrected chi connectivity index (χ3v) is 0.204. The largest absolute Gasteiger partial charge is 0.366 e. The van der Waals surface area contributed by atoms with Crippen LogP contribution >= 0.6 is 0 Å². The summed E-state index contributed by atoms with van der Waals surface area (Å²) in [5.74, 6) is 0. The van der Waals surface area contributed by atoms with Gasteiger partial charge in [0.25, 0.3) is 0 Å². The highest BCUT2D eigenvalue weighted by Crippen LogP contribution is 1.33. The first-order valence-corrected chi connectivity index (χ1v) is 1.35. The highest BCUT2D eigenvalue weighted by atomic mass is 14.7. The molecule has 0 aliphatic carbocycles. The first-order chi connectivity index (χ1) is 1.91. The second-order valence-electron chi connectivity index (χ2n) is 0.558. The van der Waals surface area contributed by atoms with E-state index in [2.05, 4.69) is 5.23 Å². The maximum absolute atomic E-state index is 4.78. The molecule has 0 fully saturated rings. The van der Waals surface area contributed by atoms with Crippen molar-refractivity contribution in [3.63, 3.8) is 0 Å². The Morgan fingerprint density at radius 2 is 2.25 bits per heavy atom. The van der Waals surface area contributed by atoms with Crippen LogP contribution in [-0.4, -0.2) is 14.5 Å². The van der Waals surface area contributed by atoms with Crippen LogP contribution < -0.4 is 5.23 Å². The number of rotatable bonds is 1. The van der Waals surface area contributed by atoms with E-state index in [1.165, 1.54) is 0 Å². The monoisotopic (exact) mass is 55.1 g/mol. The van der Waals surface area contributed by atoms with Crippen LogP contribution in [0.15, 0.2) is 0 Å². The van der Waals surface area contributed by atoms with E-state index in [1.807, 2.05) is 6.92 Å². The van der Waals surface area contributed by atoms with Crippen LogP contribution in [0.5, 0.6) is 0 Å². The Labute approximate surface area is 27.8 Å². The van der Waals surface area contributed by atoms with Crippen molar-refractivity contribution >= 4 is 7.98 Å². The SMILES string of the molecule is [B]NCC. The zero-order valence-corrected chi connectivity index (χ0v) is 2.78. The fourth-order valence-electron chi connectivity index (χ4n) is 0. The van der Waals surface area contributed by atoms with Gasteiger partial charge in [-0.05, 0) is 6.54 Å². The molecule has 0 saturated heterocycles. The molecule has 0 atom stereocenters. The van der Waals surface area contributed by atoms with Crippen molar-refractivity contribution in [1.82, 2.24) is 5.23 Å². The summed E-state index contributed by atoms with van der Waals surface area (Å²) < 4.78 is 0. The minimum Gasteiger partial charge on any atom is -0.366 e. The van der Waals surface area contributed by atoms with Crippen LogP contribution in [0.25, 0.3) is 0 Å². The van der Waals surface area contributed by atoms with Crippen molar-refractivity contribution in [2.24, 2.45) is 0 Å². The normalized spacial score (nSPS) is 7.25. The molecule has 1 N–H and O–H groups in total. The maximum atomic E-state index is 4.78. The van der Waals surface area contributed by atoms with Crippen LogP contribution in [0, 0.1) is 0 Å². The molecule has 0 bridgehead atoms. The van der Waals surface area contributed by atoms with Crippen molar-refractivity contribution in [1.29, 1.82) is 0 Å². The molecule has 2 heteroatoms. The number of nitrogens with one attached hydrogen (secondary N) is 1. The van der Waals surface area contributed by atoms with Crippen LogP contribution in [0.4, 0.5) is 0 Å². The lowest BCUT2D eigenvalue weighted by molar-refractivity contribution is 1.02. The van der Waals surface area contributed by atoms with Gasteiger partial charge >= 0.3 is 0 Å². The lowest BCUT2D eigenvalue weighted by Gasteiger charge is -1.75. The van der Waals surface area contributed by atoms with Crippen LogP contribution in [0.2, 0.25) is 0 Å². The quantitative estimate of drug-likeness (QED) is 0.405. The molecule has 1 nitrogen and oxygen atoms in total. The first kappa shape index (κ1) is 4.02. The third-order valence-electron chi connectivity index (χ3n) is 0.204. The first-order valence-electron chi connectivity index (χ1n) is 1.35. The summed E-state index contributed by atoms with van der Waals surface area (Å²) in [5.41, 5.74) is 0. The van der Waals surface area contributed by atoms with Gasteiger partial charge < -0.3 is 5.23 Å². The second-order valence-corrected chi connectivity index (χ2v) is 0.558. The van der Waals surface area contributed by atoms with Crippen molar-refractivity contribution in [2.45, 2.75) is 6.92 Å². The average Bonchev–Trinajstić information content (AvgIpc) is 1.37. The molecule has 0 aliphatic rings. The molecule has 0 saturated carbocycles. The molecule has 0 aromatic carbocycles. The van der Waals surface area contributed by atoms with Crippen molar-refractivity contribution in [2.75, 3.05) is 6.54 Å². The Kier molecular flexibility index (Phi) is 3.04. The Morgan fingerprint density at radius 3 is 2.25 bits per heavy atom. The van der Waals surface area contributed by atoms with Crippen molar-refractivity contribution in [3.05, 3.63) is 0 Å². The van der Waals surface area contributed by atoms with Crippen LogP contribution in [-0.2, 0) is 0 Å². The average molecular weight is 54.9 g/mol. The Balaban J connectivity index is 1.97. The molecule has 0 aliphatic heterocycles. The molecule has 22 valence electrons. The molecule has 2 radical (unpaired) electrons. The lowest BCUT2D eigenvalue weighted by atomic mass is 10.4. The Morgan fingerprint density at radius 1 is 2.00 bits per heavy atom. The van der Waals surface area contributed by atoms with E-state index in [1.54, 1.807) is 0 Å². The molecule has 0 aromatic heterocycles. The van der Waals surface area contributed by atoms with Crippen molar-refractivity contribution in [3.8, 4) is 0 Å². The van der Waals surface area contributed by atoms with E-state index in [0.717, 1.165) is 6.54 Å². The van der Waals surface area contributed by atoms with Gasteiger partial charge in [-0.3, -0.25) is 0 Å². The minimum absolute atomic E-state index is 0.847. The van der Waals surface area contributed by atoms with Gasteiger partial charge in [-0.15, -0.1) is 0 Å². The van der Waals surface area contributed by atoms with Gasteiger partial charge in [0.2, 0.25) is 0 Å². The Bertz CT molecular complexity index is 8.00. The van der Waals surface area contributed by atoms with Gasteiger partial charge in [0.15, 0.2) is 7.98 Å². The van der Waals surface area contributed by atoms with E-state index in [9.17, 15) is 0 Å². The van der Waals surface area contributed by atoms with E-state index in [0.29, 0.717) is 0 Å². The summed E-state index contributed by atoms with van der Waals surface area (Å²) in [6.45, 7) is 2.79. The third kappa shape index (κ3) is 2.02. The number of hydrogen-bond acceptors (Lipinski definition) is 1. The summed E-state index contributed by atoms with van der Waals surface area (Å²) in [6.07, 6.45) is 0. The molecule has 0 spiro atoms. The molecule has 0 unspecified atom stereocenters. The van der Waals surface area contributed by atoms with Gasteiger partial charge in [0.05, 0.1) is 0 Å².